The van der Waals surface area contributed by atoms with Crippen molar-refractivity contribution in [1.29, 1.82) is 0 Å². The molecule has 0 saturated carbocycles. The minimum atomic E-state index is -0.316. The SMILES string of the molecule is CC(O)CCN(C)c1nc2c(cc1C(N)=S)CCCC2. The van der Waals surface area contributed by atoms with Crippen molar-refractivity contribution in [2.24, 2.45) is 5.73 Å². The first-order valence-electron chi connectivity index (χ1n) is 7.21. The number of thiocarbonyl (C=S) groups is 1. The number of pyridine rings is 1. The minimum Gasteiger partial charge on any atom is -0.393 e. The lowest BCUT2D eigenvalue weighted by atomic mass is 9.94. The van der Waals surface area contributed by atoms with Crippen LogP contribution < -0.4 is 10.6 Å². The maximum Gasteiger partial charge on any atom is 0.138 e. The molecule has 0 fully saturated rings. The average Bonchev–Trinajstić information content (AvgIpc) is 2.43. The number of aliphatic hydroxyl groups is 1. The second-order valence-corrected chi connectivity index (χ2v) is 6.04. The molecule has 110 valence electrons. The van der Waals surface area contributed by atoms with Crippen LogP contribution in [0.1, 0.15) is 43.0 Å². The number of aliphatic hydroxyl groups excluding tert-OH is 1. The quantitative estimate of drug-likeness (QED) is 0.811. The minimum absolute atomic E-state index is 0.316. The summed E-state index contributed by atoms with van der Waals surface area (Å²) in [7, 11) is 1.97. The van der Waals surface area contributed by atoms with Crippen LogP contribution in [-0.2, 0) is 12.8 Å². The maximum atomic E-state index is 9.42. The van der Waals surface area contributed by atoms with Gasteiger partial charge in [0.25, 0.3) is 0 Å². The fraction of sp³-hybridized carbons (Fsp3) is 0.600. The molecule has 3 N–H and O–H groups in total. The van der Waals surface area contributed by atoms with E-state index in [2.05, 4.69) is 6.07 Å². The molecule has 0 aliphatic heterocycles. The first-order chi connectivity index (χ1) is 9.49. The molecule has 1 aromatic heterocycles. The van der Waals surface area contributed by atoms with Gasteiger partial charge in [-0.3, -0.25) is 0 Å². The zero-order chi connectivity index (χ0) is 14.7. The number of fused-ring (bicyclic) bond motifs is 1. The molecule has 4 nitrogen and oxygen atoms in total. The Hall–Kier alpha value is -1.20. The van der Waals surface area contributed by atoms with Gasteiger partial charge < -0.3 is 15.7 Å². The number of aryl methyl sites for hydroxylation is 2. The van der Waals surface area contributed by atoms with Crippen molar-refractivity contribution in [2.75, 3.05) is 18.5 Å². The first kappa shape index (κ1) is 15.2. The van der Waals surface area contributed by atoms with E-state index in [1.807, 2.05) is 11.9 Å². The summed E-state index contributed by atoms with van der Waals surface area (Å²) in [6.07, 6.45) is 4.89. The van der Waals surface area contributed by atoms with Gasteiger partial charge >= 0.3 is 0 Å². The highest BCUT2D eigenvalue weighted by Crippen LogP contribution is 2.26. The van der Waals surface area contributed by atoms with Crippen molar-refractivity contribution in [3.63, 3.8) is 0 Å². The van der Waals surface area contributed by atoms with Gasteiger partial charge in [0.2, 0.25) is 0 Å². The third-order valence-corrected chi connectivity index (χ3v) is 4.01. The Kier molecular flexibility index (Phi) is 4.94. The molecule has 5 heteroatoms. The van der Waals surface area contributed by atoms with E-state index >= 15 is 0 Å². The summed E-state index contributed by atoms with van der Waals surface area (Å²) < 4.78 is 0. The molecule has 0 aromatic carbocycles. The summed E-state index contributed by atoms with van der Waals surface area (Å²) in [6.45, 7) is 2.53. The summed E-state index contributed by atoms with van der Waals surface area (Å²) in [5.41, 5.74) is 9.17. The number of hydrogen-bond donors (Lipinski definition) is 2. The summed E-state index contributed by atoms with van der Waals surface area (Å²) in [4.78, 5) is 7.22. The Balaban J connectivity index is 2.32. The highest BCUT2D eigenvalue weighted by atomic mass is 32.1. The predicted molar refractivity (Wildman–Crippen MR) is 86.3 cm³/mol. The normalized spacial score (nSPS) is 15.6. The van der Waals surface area contributed by atoms with Crippen LogP contribution in [0.25, 0.3) is 0 Å². The molecule has 0 bridgehead atoms. The van der Waals surface area contributed by atoms with Gasteiger partial charge in [-0.1, -0.05) is 12.2 Å². The van der Waals surface area contributed by atoms with Gasteiger partial charge in [0, 0.05) is 19.3 Å². The molecule has 0 radical (unpaired) electrons. The van der Waals surface area contributed by atoms with Gasteiger partial charge in [-0.2, -0.15) is 0 Å². The second-order valence-electron chi connectivity index (χ2n) is 5.60. The zero-order valence-electron chi connectivity index (χ0n) is 12.2. The maximum absolute atomic E-state index is 9.42. The lowest BCUT2D eigenvalue weighted by molar-refractivity contribution is 0.187. The summed E-state index contributed by atoms with van der Waals surface area (Å²) >= 11 is 5.17. The Morgan fingerprint density at radius 2 is 2.20 bits per heavy atom. The average molecular weight is 293 g/mol. The molecule has 1 atom stereocenters. The molecule has 1 unspecified atom stereocenters. The van der Waals surface area contributed by atoms with E-state index in [-0.39, 0.29) is 6.10 Å². The lowest BCUT2D eigenvalue weighted by Crippen LogP contribution is -2.27. The van der Waals surface area contributed by atoms with E-state index in [1.165, 1.54) is 24.1 Å². The van der Waals surface area contributed by atoms with E-state index in [0.717, 1.165) is 30.8 Å². The van der Waals surface area contributed by atoms with E-state index in [4.69, 9.17) is 22.9 Å². The Morgan fingerprint density at radius 1 is 1.50 bits per heavy atom. The monoisotopic (exact) mass is 293 g/mol. The molecular weight excluding hydrogens is 270 g/mol. The molecule has 0 amide bonds. The van der Waals surface area contributed by atoms with Gasteiger partial charge in [-0.15, -0.1) is 0 Å². The second kappa shape index (κ2) is 6.50. The molecule has 1 aliphatic rings. The molecular formula is C15H23N3OS. The van der Waals surface area contributed by atoms with Crippen LogP contribution >= 0.6 is 12.2 Å². The number of anilines is 1. The van der Waals surface area contributed by atoms with E-state index in [0.29, 0.717) is 11.4 Å². The van der Waals surface area contributed by atoms with Crippen LogP contribution in [0, 0.1) is 0 Å². The van der Waals surface area contributed by atoms with Crippen molar-refractivity contribution in [1.82, 2.24) is 4.98 Å². The first-order valence-corrected chi connectivity index (χ1v) is 7.61. The molecule has 20 heavy (non-hydrogen) atoms. The van der Waals surface area contributed by atoms with Crippen LogP contribution in [0.5, 0.6) is 0 Å². The van der Waals surface area contributed by atoms with Crippen LogP contribution in [0.3, 0.4) is 0 Å². The Morgan fingerprint density at radius 3 is 2.85 bits per heavy atom. The van der Waals surface area contributed by atoms with Crippen LogP contribution in [0.2, 0.25) is 0 Å². The molecule has 0 spiro atoms. The largest absolute Gasteiger partial charge is 0.393 e. The molecule has 1 heterocycles. The number of rotatable bonds is 5. The predicted octanol–water partition coefficient (Wildman–Crippen LogP) is 1.80. The fourth-order valence-electron chi connectivity index (χ4n) is 2.58. The topological polar surface area (TPSA) is 62.4 Å². The number of nitrogens with zero attached hydrogens (tertiary/aromatic N) is 2. The number of nitrogens with two attached hydrogens (primary N) is 1. The van der Waals surface area contributed by atoms with Gasteiger partial charge in [-0.05, 0) is 50.7 Å². The van der Waals surface area contributed by atoms with Crippen molar-refractivity contribution < 1.29 is 5.11 Å². The number of hydrogen-bond acceptors (Lipinski definition) is 4. The molecule has 1 aromatic rings. The van der Waals surface area contributed by atoms with Crippen LogP contribution in [-0.4, -0.2) is 34.8 Å². The number of aromatic nitrogens is 1. The molecule has 1 aliphatic carbocycles. The van der Waals surface area contributed by atoms with Crippen molar-refractivity contribution in [3.8, 4) is 0 Å². The van der Waals surface area contributed by atoms with E-state index in [1.54, 1.807) is 6.92 Å². The highest BCUT2D eigenvalue weighted by Gasteiger charge is 2.18. The van der Waals surface area contributed by atoms with Crippen molar-refractivity contribution in [3.05, 3.63) is 22.9 Å². The highest BCUT2D eigenvalue weighted by molar-refractivity contribution is 7.80. The van der Waals surface area contributed by atoms with Crippen LogP contribution in [0.4, 0.5) is 5.82 Å². The Bertz CT molecular complexity index is 502. The summed E-state index contributed by atoms with van der Waals surface area (Å²) in [5.74, 6) is 0.846. The van der Waals surface area contributed by atoms with Gasteiger partial charge in [0.05, 0.1) is 11.7 Å². The van der Waals surface area contributed by atoms with E-state index < -0.39 is 0 Å². The van der Waals surface area contributed by atoms with E-state index in [9.17, 15) is 5.11 Å². The standard InChI is InChI=1S/C15H23N3OS/c1-10(19)7-8-18(2)15-12(14(16)20)9-11-5-3-4-6-13(11)17-15/h9-10,19H,3-8H2,1-2H3,(H2,16,20). The summed E-state index contributed by atoms with van der Waals surface area (Å²) in [6, 6.07) is 2.11. The molecule has 2 rings (SSSR count). The third-order valence-electron chi connectivity index (χ3n) is 3.79. The lowest BCUT2D eigenvalue weighted by Gasteiger charge is -2.25. The van der Waals surface area contributed by atoms with Gasteiger partial charge in [-0.25, -0.2) is 4.98 Å². The molecule has 0 saturated heterocycles. The van der Waals surface area contributed by atoms with Crippen molar-refractivity contribution >= 4 is 23.0 Å². The van der Waals surface area contributed by atoms with Gasteiger partial charge in [0.15, 0.2) is 0 Å². The van der Waals surface area contributed by atoms with Crippen molar-refractivity contribution in [2.45, 2.75) is 45.1 Å². The van der Waals surface area contributed by atoms with Gasteiger partial charge in [0.1, 0.15) is 10.8 Å². The van der Waals surface area contributed by atoms with Crippen LogP contribution in [0.15, 0.2) is 6.07 Å². The summed E-state index contributed by atoms with van der Waals surface area (Å²) in [5, 5.41) is 9.42. The zero-order valence-corrected chi connectivity index (χ0v) is 13.0. The Labute approximate surface area is 126 Å². The smallest absolute Gasteiger partial charge is 0.138 e. The third kappa shape index (κ3) is 3.46. The fourth-order valence-corrected chi connectivity index (χ4v) is 2.73.